The number of rotatable bonds is 10. The number of hydrogen-bond acceptors (Lipinski definition) is 6. The van der Waals surface area contributed by atoms with Crippen molar-refractivity contribution in [1.82, 2.24) is 25.6 Å². The molecular weight excluding hydrogens is 471 g/mol. The number of aromatic nitrogens is 3. The zero-order valence-corrected chi connectivity index (χ0v) is 20.9. The number of nitrogens with one attached hydrogen (secondary N) is 3. The van der Waals surface area contributed by atoms with Gasteiger partial charge in [-0.25, -0.2) is 14.4 Å². The molecule has 2 aliphatic rings. The molecule has 0 atom stereocenters. The number of carbonyl (C=O) groups excluding carboxylic acids is 1. The van der Waals surface area contributed by atoms with E-state index >= 15 is 0 Å². The van der Waals surface area contributed by atoms with Gasteiger partial charge in [-0.1, -0.05) is 23.8 Å². The smallest absolute Gasteiger partial charge is 0.273 e. The fourth-order valence-corrected chi connectivity index (χ4v) is 4.50. The monoisotopic (exact) mass is 502 g/mol. The number of benzene rings is 1. The summed E-state index contributed by atoms with van der Waals surface area (Å²) in [4.78, 5) is 28.7. The van der Waals surface area contributed by atoms with Crippen LogP contribution < -0.4 is 10.6 Å². The Bertz CT molecular complexity index is 1410. The first-order chi connectivity index (χ1) is 18.1. The highest BCUT2D eigenvalue weighted by molar-refractivity contribution is 5.92. The first kappa shape index (κ1) is 24.8. The Morgan fingerprint density at radius 3 is 2.92 bits per heavy atom. The van der Waals surface area contributed by atoms with Gasteiger partial charge in [0.1, 0.15) is 17.9 Å². The Kier molecular flexibility index (Phi) is 7.70. The van der Waals surface area contributed by atoms with E-state index in [0.717, 1.165) is 42.7 Å². The van der Waals surface area contributed by atoms with E-state index in [4.69, 9.17) is 9.40 Å². The minimum atomic E-state index is -0.414. The summed E-state index contributed by atoms with van der Waals surface area (Å²) >= 11 is 0. The average Bonchev–Trinajstić information content (AvgIpc) is 3.54. The predicted octanol–water partition coefficient (Wildman–Crippen LogP) is 4.82. The van der Waals surface area contributed by atoms with Gasteiger partial charge in [0, 0.05) is 38.6 Å². The molecule has 3 heterocycles. The summed E-state index contributed by atoms with van der Waals surface area (Å²) in [5.41, 5.74) is 6.40. The molecule has 0 fully saturated rings. The molecule has 8 nitrogen and oxygen atoms in total. The molecule has 5 rings (SSSR count). The number of amides is 1. The molecule has 192 valence electrons. The van der Waals surface area contributed by atoms with Crippen LogP contribution >= 0.6 is 0 Å². The van der Waals surface area contributed by atoms with Gasteiger partial charge in [-0.3, -0.25) is 9.79 Å². The lowest BCUT2D eigenvalue weighted by molar-refractivity contribution is 0.0951. The first-order valence-corrected chi connectivity index (χ1v) is 12.8. The Morgan fingerprint density at radius 1 is 1.16 bits per heavy atom. The summed E-state index contributed by atoms with van der Waals surface area (Å²) in [5.74, 6) is 0.708. The van der Waals surface area contributed by atoms with Gasteiger partial charge >= 0.3 is 0 Å². The number of oxazole rings is 1. The summed E-state index contributed by atoms with van der Waals surface area (Å²) in [5, 5.41) is 6.00. The second-order valence-corrected chi connectivity index (χ2v) is 9.31. The Labute approximate surface area is 214 Å². The van der Waals surface area contributed by atoms with E-state index < -0.39 is 5.91 Å². The lowest BCUT2D eigenvalue weighted by atomic mass is 9.93. The van der Waals surface area contributed by atoms with Crippen LogP contribution in [0.25, 0.3) is 16.6 Å². The molecule has 37 heavy (non-hydrogen) atoms. The van der Waals surface area contributed by atoms with E-state index in [9.17, 15) is 9.18 Å². The molecule has 1 amide bonds. The molecular formula is C28H31FN6O2. The van der Waals surface area contributed by atoms with E-state index in [1.807, 2.05) is 0 Å². The van der Waals surface area contributed by atoms with Crippen LogP contribution in [0.5, 0.6) is 0 Å². The van der Waals surface area contributed by atoms with Gasteiger partial charge in [0.2, 0.25) is 0 Å². The molecule has 3 N–H and O–H groups in total. The Hall–Kier alpha value is -3.85. The van der Waals surface area contributed by atoms with Crippen molar-refractivity contribution >= 4 is 28.7 Å². The summed E-state index contributed by atoms with van der Waals surface area (Å²) in [6.07, 6.45) is 11.9. The van der Waals surface area contributed by atoms with E-state index in [2.05, 4.69) is 62.9 Å². The summed E-state index contributed by atoms with van der Waals surface area (Å²) < 4.78 is 19.2. The normalized spacial score (nSPS) is 15.7. The SMILES string of the molecule is CC1=C(c2ccc3nc(CCNCCc4nc(C(=O)NCC5=C(F)CCC=N5)co4)[nH]c3c2)C=CCC1. The van der Waals surface area contributed by atoms with Crippen LogP contribution in [-0.4, -0.2) is 46.7 Å². The fourth-order valence-electron chi connectivity index (χ4n) is 4.50. The number of imidazole rings is 1. The van der Waals surface area contributed by atoms with Crippen molar-refractivity contribution in [2.75, 3.05) is 19.6 Å². The number of nitrogens with zero attached hydrogens (tertiary/aromatic N) is 3. The molecule has 1 aliphatic heterocycles. The molecule has 1 aliphatic carbocycles. The third-order valence-electron chi connectivity index (χ3n) is 6.58. The fraction of sp³-hybridized carbons (Fsp3) is 0.357. The molecule has 3 aromatic rings. The second kappa shape index (κ2) is 11.5. The zero-order valence-electron chi connectivity index (χ0n) is 20.9. The van der Waals surface area contributed by atoms with Gasteiger partial charge in [-0.15, -0.1) is 0 Å². The van der Waals surface area contributed by atoms with Crippen molar-refractivity contribution in [3.8, 4) is 0 Å². The predicted molar refractivity (Wildman–Crippen MR) is 142 cm³/mol. The van der Waals surface area contributed by atoms with E-state index in [1.165, 1.54) is 23.0 Å². The molecule has 0 radical (unpaired) electrons. The summed E-state index contributed by atoms with van der Waals surface area (Å²) in [7, 11) is 0. The first-order valence-electron chi connectivity index (χ1n) is 12.8. The Morgan fingerprint density at radius 2 is 2.05 bits per heavy atom. The molecule has 0 unspecified atom stereocenters. The van der Waals surface area contributed by atoms with Crippen LogP contribution in [0, 0.1) is 0 Å². The van der Waals surface area contributed by atoms with E-state index in [-0.39, 0.29) is 23.8 Å². The van der Waals surface area contributed by atoms with Gasteiger partial charge in [0.15, 0.2) is 11.6 Å². The van der Waals surface area contributed by atoms with E-state index in [1.54, 1.807) is 6.21 Å². The molecule has 0 saturated heterocycles. The van der Waals surface area contributed by atoms with E-state index in [0.29, 0.717) is 31.7 Å². The van der Waals surface area contributed by atoms with Crippen LogP contribution in [0.2, 0.25) is 0 Å². The molecule has 2 aromatic heterocycles. The maximum absolute atomic E-state index is 13.7. The second-order valence-electron chi connectivity index (χ2n) is 9.31. The third-order valence-corrected chi connectivity index (χ3v) is 6.58. The number of H-pyrrole nitrogens is 1. The van der Waals surface area contributed by atoms with Crippen LogP contribution in [0.3, 0.4) is 0 Å². The number of aromatic amines is 1. The minimum Gasteiger partial charge on any atom is -0.448 e. The largest absolute Gasteiger partial charge is 0.448 e. The molecule has 0 saturated carbocycles. The number of fused-ring (bicyclic) bond motifs is 1. The van der Waals surface area contributed by atoms with Crippen molar-refractivity contribution in [2.45, 2.75) is 45.4 Å². The molecule has 1 aromatic carbocycles. The number of aliphatic imine (C=N–C) groups is 1. The average molecular weight is 503 g/mol. The molecule has 9 heteroatoms. The maximum Gasteiger partial charge on any atom is 0.273 e. The van der Waals surface area contributed by atoms with Gasteiger partial charge < -0.3 is 20.0 Å². The number of carbonyl (C=O) groups is 1. The third kappa shape index (κ3) is 6.11. The zero-order chi connectivity index (χ0) is 25.6. The summed E-state index contributed by atoms with van der Waals surface area (Å²) in [6, 6.07) is 6.40. The van der Waals surface area contributed by atoms with Crippen molar-refractivity contribution in [3.05, 3.63) is 76.7 Å². The Balaban J connectivity index is 1.06. The number of hydrogen-bond donors (Lipinski definition) is 3. The van der Waals surface area contributed by atoms with Crippen molar-refractivity contribution in [2.24, 2.45) is 4.99 Å². The quantitative estimate of drug-likeness (QED) is 0.344. The number of allylic oxidation sites excluding steroid dienone is 5. The van der Waals surface area contributed by atoms with Crippen molar-refractivity contribution in [1.29, 1.82) is 0 Å². The number of halogens is 1. The summed E-state index contributed by atoms with van der Waals surface area (Å²) in [6.45, 7) is 3.63. The highest BCUT2D eigenvalue weighted by atomic mass is 19.1. The van der Waals surface area contributed by atoms with Crippen LogP contribution in [0.1, 0.15) is 60.4 Å². The van der Waals surface area contributed by atoms with Crippen LogP contribution in [-0.2, 0) is 12.8 Å². The van der Waals surface area contributed by atoms with Gasteiger partial charge in [0.25, 0.3) is 5.91 Å². The lowest BCUT2D eigenvalue weighted by Gasteiger charge is -2.12. The maximum atomic E-state index is 13.7. The van der Waals surface area contributed by atoms with Gasteiger partial charge in [-0.05, 0) is 49.5 Å². The highest BCUT2D eigenvalue weighted by Gasteiger charge is 2.15. The minimum absolute atomic E-state index is 0.0303. The molecule has 0 bridgehead atoms. The van der Waals surface area contributed by atoms with Crippen LogP contribution in [0.15, 0.2) is 63.1 Å². The molecule has 0 spiro atoms. The van der Waals surface area contributed by atoms with Crippen molar-refractivity contribution in [3.63, 3.8) is 0 Å². The van der Waals surface area contributed by atoms with Crippen molar-refractivity contribution < 1.29 is 13.6 Å². The standard InChI is InChI=1S/C28H31FN6O2/c1-18-5-2-3-6-20(18)19-8-9-22-23(15-19)34-26(33-22)10-13-30-14-11-27-35-25(17-37-27)28(36)32-16-24-21(29)7-4-12-31-24/h3,6,8-9,12,15,17,30H,2,4-5,7,10-11,13-14,16H2,1H3,(H,32,36)(H,33,34). The highest BCUT2D eigenvalue weighted by Crippen LogP contribution is 2.29. The topological polar surface area (TPSA) is 108 Å². The van der Waals surface area contributed by atoms with Crippen LogP contribution in [0.4, 0.5) is 4.39 Å². The van der Waals surface area contributed by atoms with Gasteiger partial charge in [-0.2, -0.15) is 0 Å². The van der Waals surface area contributed by atoms with Gasteiger partial charge in [0.05, 0.1) is 23.3 Å². The lowest BCUT2D eigenvalue weighted by Crippen LogP contribution is -2.26.